The molecule has 0 spiro atoms. The van der Waals surface area contributed by atoms with E-state index in [0.717, 1.165) is 12.8 Å². The van der Waals surface area contributed by atoms with Crippen LogP contribution >= 0.6 is 0 Å². The van der Waals surface area contributed by atoms with Gasteiger partial charge in [-0.25, -0.2) is 8.42 Å². The molecule has 2 saturated carbocycles. The van der Waals surface area contributed by atoms with Gasteiger partial charge in [-0.2, -0.15) is 4.31 Å². The van der Waals surface area contributed by atoms with E-state index in [4.69, 9.17) is 4.43 Å². The molecule has 1 amide bonds. The smallest absolute Gasteiger partial charge is 0.269 e. The van der Waals surface area contributed by atoms with E-state index in [1.807, 2.05) is 4.90 Å². The lowest BCUT2D eigenvalue weighted by atomic mass is 10.1. The highest BCUT2D eigenvalue weighted by atomic mass is 32.2. The Labute approximate surface area is 196 Å². The van der Waals surface area contributed by atoms with Crippen molar-refractivity contribution in [1.29, 1.82) is 0 Å². The van der Waals surface area contributed by atoms with Crippen molar-refractivity contribution in [2.45, 2.75) is 68.8 Å². The molecular weight excluding hydrogens is 462 g/mol. The molecule has 4 atom stereocenters. The third-order valence-corrected chi connectivity index (χ3v) is 14.2. The molecular formula is C22H33N3O6SSi. The van der Waals surface area contributed by atoms with E-state index < -0.39 is 23.3 Å². The Bertz CT molecular complexity index is 1050. The highest BCUT2D eigenvalue weighted by Crippen LogP contribution is 2.56. The first kappa shape index (κ1) is 24.3. The van der Waals surface area contributed by atoms with Gasteiger partial charge in [0.2, 0.25) is 15.9 Å². The summed E-state index contributed by atoms with van der Waals surface area (Å²) in [6.45, 7) is 11.4. The minimum Gasteiger partial charge on any atom is -0.412 e. The van der Waals surface area contributed by atoms with Crippen LogP contribution in [0.1, 0.15) is 33.6 Å². The Kier molecular flexibility index (Phi) is 6.00. The van der Waals surface area contributed by atoms with E-state index in [1.54, 1.807) is 0 Å². The molecule has 1 aromatic carbocycles. The van der Waals surface area contributed by atoms with Gasteiger partial charge in [0.05, 0.1) is 28.5 Å². The molecule has 9 nitrogen and oxygen atoms in total. The molecule has 3 fully saturated rings. The van der Waals surface area contributed by atoms with E-state index in [0.29, 0.717) is 18.4 Å². The molecule has 0 radical (unpaired) electrons. The fraction of sp³-hybridized carbons (Fsp3) is 0.682. The zero-order chi connectivity index (χ0) is 24.3. The molecule has 1 aromatic rings. The summed E-state index contributed by atoms with van der Waals surface area (Å²) in [5, 5.41) is 10.9. The van der Waals surface area contributed by atoms with Gasteiger partial charge in [-0.05, 0) is 54.9 Å². The Hall–Kier alpha value is -1.82. The maximum Gasteiger partial charge on any atom is 0.269 e. The predicted molar refractivity (Wildman–Crippen MR) is 126 cm³/mol. The van der Waals surface area contributed by atoms with Gasteiger partial charge < -0.3 is 9.33 Å². The summed E-state index contributed by atoms with van der Waals surface area (Å²) < 4.78 is 34.0. The predicted octanol–water partition coefficient (Wildman–Crippen LogP) is 3.23. The van der Waals surface area contributed by atoms with E-state index in [-0.39, 0.29) is 46.8 Å². The molecule has 2 aliphatic carbocycles. The van der Waals surface area contributed by atoms with Crippen molar-refractivity contribution < 1.29 is 22.6 Å². The third-order valence-electron chi connectivity index (χ3n) is 7.87. The molecule has 182 valence electrons. The van der Waals surface area contributed by atoms with Gasteiger partial charge in [-0.1, -0.05) is 20.8 Å². The molecule has 0 unspecified atom stereocenters. The highest BCUT2D eigenvalue weighted by Gasteiger charge is 2.58. The van der Waals surface area contributed by atoms with Crippen LogP contribution in [0.3, 0.4) is 0 Å². The molecule has 1 saturated heterocycles. The van der Waals surface area contributed by atoms with Crippen LogP contribution < -0.4 is 0 Å². The lowest BCUT2D eigenvalue weighted by Crippen LogP contribution is -2.59. The quantitative estimate of drug-likeness (QED) is 0.340. The molecule has 1 aliphatic heterocycles. The third kappa shape index (κ3) is 4.47. The fourth-order valence-electron chi connectivity index (χ4n) is 4.77. The van der Waals surface area contributed by atoms with Gasteiger partial charge in [0.25, 0.3) is 5.69 Å². The van der Waals surface area contributed by atoms with Gasteiger partial charge in [-0.15, -0.1) is 0 Å². The van der Waals surface area contributed by atoms with Crippen LogP contribution in [-0.2, 0) is 19.2 Å². The van der Waals surface area contributed by atoms with Crippen molar-refractivity contribution in [2.75, 3.05) is 19.6 Å². The average molecular weight is 496 g/mol. The summed E-state index contributed by atoms with van der Waals surface area (Å²) >= 11 is 0. The monoisotopic (exact) mass is 495 g/mol. The zero-order valence-corrected chi connectivity index (χ0v) is 21.7. The SMILES string of the molecule is CC(C)(C)[Si](C)(C)O[C@H]1[C@H]2C[C@H]2C[C@@H]1N1CCN(S(=O)(=O)c2ccc([N+](=O)[O-])cc2)CC1=O. The summed E-state index contributed by atoms with van der Waals surface area (Å²) in [5.41, 5.74) is -0.178. The number of non-ortho nitro benzene ring substituents is 1. The van der Waals surface area contributed by atoms with Crippen LogP contribution in [0, 0.1) is 22.0 Å². The highest BCUT2D eigenvalue weighted by molar-refractivity contribution is 7.89. The molecule has 0 N–H and O–H groups in total. The molecule has 33 heavy (non-hydrogen) atoms. The van der Waals surface area contributed by atoms with Crippen LogP contribution in [0.25, 0.3) is 0 Å². The number of carbonyl (C=O) groups is 1. The second-order valence-corrected chi connectivity index (χ2v) is 17.7. The van der Waals surface area contributed by atoms with E-state index in [9.17, 15) is 23.3 Å². The number of carbonyl (C=O) groups excluding carboxylic acids is 1. The zero-order valence-electron chi connectivity index (χ0n) is 19.9. The van der Waals surface area contributed by atoms with Crippen molar-refractivity contribution in [3.05, 3.63) is 34.4 Å². The summed E-state index contributed by atoms with van der Waals surface area (Å²) in [4.78, 5) is 25.2. The number of nitro benzene ring substituents is 1. The number of benzene rings is 1. The van der Waals surface area contributed by atoms with Crippen molar-refractivity contribution >= 4 is 29.9 Å². The minimum atomic E-state index is -3.91. The van der Waals surface area contributed by atoms with E-state index >= 15 is 0 Å². The van der Waals surface area contributed by atoms with Crippen LogP contribution in [0.4, 0.5) is 5.69 Å². The van der Waals surface area contributed by atoms with Gasteiger partial charge >= 0.3 is 0 Å². The summed E-state index contributed by atoms with van der Waals surface area (Å²) in [5.74, 6) is 0.889. The Balaban J connectivity index is 1.47. The normalized spacial score (nSPS) is 28.6. The van der Waals surface area contributed by atoms with Crippen LogP contribution in [0.2, 0.25) is 18.1 Å². The summed E-state index contributed by atoms with van der Waals surface area (Å²) in [7, 11) is -5.91. The van der Waals surface area contributed by atoms with Gasteiger partial charge in [0.15, 0.2) is 8.32 Å². The van der Waals surface area contributed by atoms with Crippen molar-refractivity contribution in [2.24, 2.45) is 11.8 Å². The van der Waals surface area contributed by atoms with Gasteiger partial charge in [0, 0.05) is 25.2 Å². The number of rotatable bonds is 6. The first-order valence-electron chi connectivity index (χ1n) is 11.4. The van der Waals surface area contributed by atoms with Gasteiger partial charge in [0.1, 0.15) is 0 Å². The largest absolute Gasteiger partial charge is 0.412 e. The number of piperazine rings is 1. The summed E-state index contributed by atoms with van der Waals surface area (Å²) in [6, 6.07) is 4.77. The number of fused-ring (bicyclic) bond motifs is 1. The van der Waals surface area contributed by atoms with E-state index in [2.05, 4.69) is 33.9 Å². The fourth-order valence-corrected chi connectivity index (χ4v) is 7.52. The minimum absolute atomic E-state index is 0.000367. The number of hydrogen-bond acceptors (Lipinski definition) is 6. The first-order chi connectivity index (χ1) is 15.2. The topological polar surface area (TPSA) is 110 Å². The maximum atomic E-state index is 13.1. The number of amides is 1. The van der Waals surface area contributed by atoms with E-state index in [1.165, 1.54) is 28.6 Å². The van der Waals surface area contributed by atoms with Crippen LogP contribution in [0.15, 0.2) is 29.2 Å². The maximum absolute atomic E-state index is 13.1. The molecule has 11 heteroatoms. The molecule has 3 aliphatic rings. The lowest BCUT2D eigenvalue weighted by molar-refractivity contribution is -0.384. The average Bonchev–Trinajstić information content (AvgIpc) is 3.41. The number of nitrogens with zero attached hydrogens (tertiary/aromatic N) is 3. The lowest BCUT2D eigenvalue weighted by Gasteiger charge is -2.44. The molecule has 0 aromatic heterocycles. The first-order valence-corrected chi connectivity index (χ1v) is 15.8. The molecule has 0 bridgehead atoms. The second-order valence-electron chi connectivity index (χ2n) is 11.0. The Morgan fingerprint density at radius 1 is 1.12 bits per heavy atom. The van der Waals surface area contributed by atoms with Crippen molar-refractivity contribution in [1.82, 2.24) is 9.21 Å². The Morgan fingerprint density at radius 2 is 1.76 bits per heavy atom. The van der Waals surface area contributed by atoms with Gasteiger partial charge in [-0.3, -0.25) is 14.9 Å². The standard InChI is InChI=1S/C22H33N3O6SSi/c1-22(2,3)33(4,5)31-21-18-12-15(18)13-19(21)24-11-10-23(14-20(24)26)32(29,30)17-8-6-16(7-9-17)25(27)28/h6-9,15,18-19,21H,10-14H2,1-5H3/t15-,18-,19-,21-/m0/s1. The van der Waals surface area contributed by atoms with Crippen molar-refractivity contribution in [3.63, 3.8) is 0 Å². The van der Waals surface area contributed by atoms with Crippen LogP contribution in [0.5, 0.6) is 0 Å². The molecule has 1 heterocycles. The van der Waals surface area contributed by atoms with Crippen LogP contribution in [-0.4, -0.2) is 68.6 Å². The molecule has 4 rings (SSSR count). The van der Waals surface area contributed by atoms with Crippen molar-refractivity contribution in [3.8, 4) is 0 Å². The summed E-state index contributed by atoms with van der Waals surface area (Å²) in [6.07, 6.45) is 2.10. The Morgan fingerprint density at radius 3 is 2.30 bits per heavy atom. The number of hydrogen-bond donors (Lipinski definition) is 0. The number of nitro groups is 1. The second kappa shape index (κ2) is 8.14. The number of sulfonamides is 1.